The van der Waals surface area contributed by atoms with E-state index >= 15 is 0 Å². The van der Waals surface area contributed by atoms with Crippen LogP contribution in [-0.2, 0) is 10.0 Å². The van der Waals surface area contributed by atoms with Crippen molar-refractivity contribution in [2.24, 2.45) is 0 Å². The summed E-state index contributed by atoms with van der Waals surface area (Å²) in [5.41, 5.74) is 0.722. The van der Waals surface area contributed by atoms with Crippen molar-refractivity contribution in [1.82, 2.24) is 9.71 Å². The van der Waals surface area contributed by atoms with E-state index in [-0.39, 0.29) is 21.8 Å². The highest BCUT2D eigenvalue weighted by Gasteiger charge is 2.23. The van der Waals surface area contributed by atoms with Gasteiger partial charge < -0.3 is 15.0 Å². The lowest BCUT2D eigenvalue weighted by molar-refractivity contribution is -0.383. The molecule has 0 aliphatic rings. The molecule has 0 unspecified atom stereocenters. The van der Waals surface area contributed by atoms with Gasteiger partial charge >= 0.3 is 0 Å². The fourth-order valence-corrected chi connectivity index (χ4v) is 4.30. The summed E-state index contributed by atoms with van der Waals surface area (Å²) in [7, 11) is -2.61. The second-order valence-electron chi connectivity index (χ2n) is 6.93. The summed E-state index contributed by atoms with van der Waals surface area (Å²) in [6, 6.07) is 18.6. The Morgan fingerprint density at radius 1 is 1.00 bits per heavy atom. The van der Waals surface area contributed by atoms with Crippen LogP contribution in [0.4, 0.5) is 17.1 Å². The first kappa shape index (κ1) is 21.8. The third kappa shape index (κ3) is 4.34. The van der Waals surface area contributed by atoms with Gasteiger partial charge in [-0.1, -0.05) is 30.3 Å². The highest BCUT2D eigenvalue weighted by Crippen LogP contribution is 2.35. The quantitative estimate of drug-likeness (QED) is 0.276. The molecule has 0 radical (unpaired) electrons. The summed E-state index contributed by atoms with van der Waals surface area (Å²) in [4.78, 5) is 26.3. The van der Waals surface area contributed by atoms with Crippen LogP contribution < -0.4 is 14.8 Å². The average molecular weight is 466 g/mol. The van der Waals surface area contributed by atoms with Gasteiger partial charge in [-0.2, -0.15) is 0 Å². The molecule has 33 heavy (non-hydrogen) atoms. The summed E-state index contributed by atoms with van der Waals surface area (Å²) >= 11 is 0. The van der Waals surface area contributed by atoms with Crippen LogP contribution in [0.1, 0.15) is 10.5 Å². The Morgan fingerprint density at radius 2 is 1.70 bits per heavy atom. The molecular weight excluding hydrogens is 448 g/mol. The van der Waals surface area contributed by atoms with Crippen LogP contribution in [0.15, 0.2) is 77.7 Å². The molecule has 1 aromatic heterocycles. The van der Waals surface area contributed by atoms with Gasteiger partial charge in [0.1, 0.15) is 17.0 Å². The van der Waals surface area contributed by atoms with E-state index in [0.29, 0.717) is 22.5 Å². The number of hydrogen-bond acceptors (Lipinski definition) is 7. The Morgan fingerprint density at radius 3 is 2.39 bits per heavy atom. The highest BCUT2D eigenvalue weighted by molar-refractivity contribution is 7.90. The minimum atomic E-state index is -4.12. The van der Waals surface area contributed by atoms with Crippen LogP contribution in [0.5, 0.6) is 5.75 Å². The molecule has 0 fully saturated rings. The van der Waals surface area contributed by atoms with Gasteiger partial charge in [0.15, 0.2) is 0 Å². The molecule has 0 aliphatic heterocycles. The first-order valence-electron chi connectivity index (χ1n) is 9.62. The Bertz CT molecular complexity index is 1470. The Kier molecular flexibility index (Phi) is 5.71. The van der Waals surface area contributed by atoms with Gasteiger partial charge in [0, 0.05) is 17.1 Å². The maximum absolute atomic E-state index is 12.7. The first-order valence-corrected chi connectivity index (χ1v) is 11.1. The van der Waals surface area contributed by atoms with E-state index in [0.717, 1.165) is 0 Å². The van der Waals surface area contributed by atoms with Gasteiger partial charge in [-0.05, 0) is 36.4 Å². The zero-order valence-electron chi connectivity index (χ0n) is 17.2. The molecule has 10 nitrogen and oxygen atoms in total. The van der Waals surface area contributed by atoms with Crippen LogP contribution in [0.2, 0.25) is 0 Å². The fraction of sp³-hybridized carbons (Fsp3) is 0.0455. The van der Waals surface area contributed by atoms with Crippen LogP contribution >= 0.6 is 0 Å². The number of non-ortho nitro benzene ring substituents is 1. The van der Waals surface area contributed by atoms with Crippen molar-refractivity contribution in [1.29, 1.82) is 0 Å². The molecule has 0 saturated carbocycles. The van der Waals surface area contributed by atoms with Crippen LogP contribution in [0.3, 0.4) is 0 Å². The lowest BCUT2D eigenvalue weighted by atomic mass is 10.1. The molecule has 0 saturated heterocycles. The van der Waals surface area contributed by atoms with Crippen molar-refractivity contribution in [3.8, 4) is 5.75 Å². The van der Waals surface area contributed by atoms with Gasteiger partial charge in [0.2, 0.25) is 0 Å². The fourth-order valence-electron chi connectivity index (χ4n) is 3.32. The summed E-state index contributed by atoms with van der Waals surface area (Å²) in [5, 5.41) is 15.0. The highest BCUT2D eigenvalue weighted by atomic mass is 32.2. The largest absolute Gasteiger partial charge is 0.495 e. The molecule has 1 amide bonds. The van der Waals surface area contributed by atoms with E-state index in [1.165, 1.54) is 49.6 Å². The maximum atomic E-state index is 12.7. The number of amides is 1. The van der Waals surface area contributed by atoms with Crippen LogP contribution in [0, 0.1) is 10.1 Å². The molecular formula is C22H18N4O6S. The Hall–Kier alpha value is -4.38. The summed E-state index contributed by atoms with van der Waals surface area (Å²) in [5.74, 6) is -0.404. The van der Waals surface area contributed by atoms with Crippen molar-refractivity contribution in [3.63, 3.8) is 0 Å². The molecule has 0 spiro atoms. The number of carbonyl (C=O) groups is 1. The predicted octanol–water partition coefficient (Wildman–Crippen LogP) is 3.95. The predicted molar refractivity (Wildman–Crippen MR) is 122 cm³/mol. The molecule has 3 aromatic carbocycles. The Labute approximate surface area is 188 Å². The number of anilines is 2. The normalized spacial score (nSPS) is 11.2. The van der Waals surface area contributed by atoms with Crippen LogP contribution in [-0.4, -0.2) is 31.3 Å². The van der Waals surface area contributed by atoms with E-state index in [1.807, 2.05) is 4.72 Å². The summed E-state index contributed by atoms with van der Waals surface area (Å²) in [6.07, 6.45) is 0. The third-order valence-electron chi connectivity index (χ3n) is 4.87. The van der Waals surface area contributed by atoms with Crippen molar-refractivity contribution in [3.05, 3.63) is 88.6 Å². The first-order chi connectivity index (χ1) is 15.8. The topological polar surface area (TPSA) is 143 Å². The lowest BCUT2D eigenvalue weighted by Crippen LogP contribution is -2.30. The van der Waals surface area contributed by atoms with Crippen molar-refractivity contribution < 1.29 is 22.9 Å². The molecule has 1 heterocycles. The number of rotatable bonds is 7. The second kappa shape index (κ2) is 8.63. The van der Waals surface area contributed by atoms with Crippen molar-refractivity contribution in [2.75, 3.05) is 12.4 Å². The Balaban J connectivity index is 1.75. The standard InChI is InChI=1S/C22H18N4O6S/c1-32-20-10-6-5-9-17(20)23-16-11-12-19(26(28)29)21-15(16)13-18(24-21)22(27)25-33(30,31)14-7-3-2-4-8-14/h2-13,23-24H,1H3,(H,25,27). The number of nitro groups is 1. The lowest BCUT2D eigenvalue weighted by Gasteiger charge is -2.11. The number of nitro benzene ring substituents is 1. The SMILES string of the molecule is COc1ccccc1Nc1ccc([N+](=O)[O-])c2[nH]c(C(=O)NS(=O)(=O)c3ccccc3)cc12. The van der Waals surface area contributed by atoms with Crippen molar-refractivity contribution in [2.45, 2.75) is 4.90 Å². The number of ether oxygens (including phenoxy) is 1. The smallest absolute Gasteiger partial charge is 0.293 e. The summed E-state index contributed by atoms with van der Waals surface area (Å²) < 4.78 is 32.3. The number of nitrogens with one attached hydrogen (secondary N) is 3. The van der Waals surface area contributed by atoms with Gasteiger partial charge in [-0.3, -0.25) is 14.9 Å². The van der Waals surface area contributed by atoms with Gasteiger partial charge in [-0.25, -0.2) is 13.1 Å². The number of aromatic amines is 1. The number of aromatic nitrogens is 1. The maximum Gasteiger partial charge on any atom is 0.293 e. The van der Waals surface area contributed by atoms with Gasteiger partial charge in [-0.15, -0.1) is 0 Å². The summed E-state index contributed by atoms with van der Waals surface area (Å²) in [6.45, 7) is 0. The average Bonchev–Trinajstić information content (AvgIpc) is 3.26. The zero-order valence-corrected chi connectivity index (χ0v) is 18.0. The molecule has 3 N–H and O–H groups in total. The van der Waals surface area contributed by atoms with E-state index in [4.69, 9.17) is 4.74 Å². The molecule has 0 aliphatic carbocycles. The number of sulfonamides is 1. The number of nitrogens with zero attached hydrogens (tertiary/aromatic N) is 1. The number of hydrogen-bond donors (Lipinski definition) is 3. The number of carbonyl (C=O) groups excluding carboxylic acids is 1. The molecule has 4 rings (SSSR count). The number of methoxy groups -OCH3 is 1. The minimum absolute atomic E-state index is 0.0714. The third-order valence-corrected chi connectivity index (χ3v) is 6.22. The monoisotopic (exact) mass is 466 g/mol. The second-order valence-corrected chi connectivity index (χ2v) is 8.62. The zero-order chi connectivity index (χ0) is 23.6. The van der Waals surface area contributed by atoms with Gasteiger partial charge in [0.25, 0.3) is 21.6 Å². The molecule has 168 valence electrons. The molecule has 0 atom stereocenters. The van der Waals surface area contributed by atoms with E-state index in [9.17, 15) is 23.3 Å². The van der Waals surface area contributed by atoms with Gasteiger partial charge in [0.05, 0.1) is 22.6 Å². The van der Waals surface area contributed by atoms with Crippen molar-refractivity contribution >= 4 is 43.9 Å². The molecule has 0 bridgehead atoms. The molecule has 11 heteroatoms. The minimum Gasteiger partial charge on any atom is -0.495 e. The van der Waals surface area contributed by atoms with E-state index in [1.54, 1.807) is 30.3 Å². The number of H-pyrrole nitrogens is 1. The number of fused-ring (bicyclic) bond motifs is 1. The molecule has 4 aromatic rings. The number of benzene rings is 3. The number of para-hydroxylation sites is 2. The van der Waals surface area contributed by atoms with E-state index < -0.39 is 20.9 Å². The van der Waals surface area contributed by atoms with Crippen LogP contribution in [0.25, 0.3) is 10.9 Å². The van der Waals surface area contributed by atoms with E-state index in [2.05, 4.69) is 10.3 Å².